The number of carbonyl (C=O) groups excluding carboxylic acids is 2. The van der Waals surface area contributed by atoms with Gasteiger partial charge < -0.3 is 18.9 Å². The van der Waals surface area contributed by atoms with Crippen molar-refractivity contribution in [2.45, 2.75) is 26.0 Å². The van der Waals surface area contributed by atoms with E-state index in [2.05, 4.69) is 15.2 Å². The van der Waals surface area contributed by atoms with Crippen molar-refractivity contribution in [2.24, 2.45) is 0 Å². The molecule has 0 amide bonds. The van der Waals surface area contributed by atoms with Crippen LogP contribution < -0.4 is 9.47 Å². The number of hydrogen-bond donors (Lipinski definition) is 1. The van der Waals surface area contributed by atoms with Crippen molar-refractivity contribution in [3.8, 4) is 23.0 Å². The number of nitrogens with zero attached hydrogens (tertiary/aromatic N) is 2. The molecule has 3 aromatic rings. The smallest absolute Gasteiger partial charge is 0.277 e. The van der Waals surface area contributed by atoms with Crippen LogP contribution in [0.15, 0.2) is 27.8 Å². The lowest BCUT2D eigenvalue weighted by atomic mass is 10.1. The second kappa shape index (κ2) is 8.52. The van der Waals surface area contributed by atoms with Gasteiger partial charge in [0.25, 0.3) is 11.1 Å². The number of benzene rings is 1. The molecule has 3 rings (SSSR count). The zero-order valence-electron chi connectivity index (χ0n) is 16.8. The summed E-state index contributed by atoms with van der Waals surface area (Å²) in [5.41, 5.74) is 2.97. The van der Waals surface area contributed by atoms with Crippen LogP contribution in [0.5, 0.6) is 11.5 Å². The van der Waals surface area contributed by atoms with E-state index < -0.39 is 0 Å². The normalized spacial score (nSPS) is 10.8. The van der Waals surface area contributed by atoms with E-state index >= 15 is 0 Å². The number of Topliss-reactive ketones (excluding diaryl/α,β-unsaturated/α-hetero) is 2. The molecule has 0 saturated heterocycles. The number of carbonyl (C=O) groups is 2. The van der Waals surface area contributed by atoms with E-state index in [4.69, 9.17) is 13.9 Å². The quantitative estimate of drug-likeness (QED) is 0.436. The second-order valence-corrected chi connectivity index (χ2v) is 7.26. The molecule has 2 aromatic heterocycles. The second-order valence-electron chi connectivity index (χ2n) is 6.33. The van der Waals surface area contributed by atoms with Gasteiger partial charge in [-0.1, -0.05) is 11.8 Å². The van der Waals surface area contributed by atoms with Crippen LogP contribution in [0, 0.1) is 13.8 Å². The number of rotatable bonds is 8. The summed E-state index contributed by atoms with van der Waals surface area (Å²) in [7, 11) is 3.11. The summed E-state index contributed by atoms with van der Waals surface area (Å²) in [5, 5.41) is 8.29. The molecule has 0 aliphatic heterocycles. The number of methoxy groups -OCH3 is 2. The Bertz CT molecular complexity index is 1070. The Kier molecular flexibility index (Phi) is 6.07. The predicted molar refractivity (Wildman–Crippen MR) is 108 cm³/mol. The molecule has 0 saturated carbocycles. The first-order valence-electron chi connectivity index (χ1n) is 8.77. The van der Waals surface area contributed by atoms with Crippen molar-refractivity contribution < 1.29 is 23.5 Å². The molecule has 1 N–H and O–H groups in total. The van der Waals surface area contributed by atoms with E-state index in [0.717, 1.165) is 11.8 Å². The molecule has 29 heavy (non-hydrogen) atoms. The van der Waals surface area contributed by atoms with Gasteiger partial charge in [0.1, 0.15) is 11.5 Å². The van der Waals surface area contributed by atoms with Crippen LogP contribution in [-0.2, 0) is 0 Å². The van der Waals surface area contributed by atoms with Crippen molar-refractivity contribution in [1.29, 1.82) is 0 Å². The molecule has 0 spiro atoms. The number of H-pyrrole nitrogens is 1. The Hall–Kier alpha value is -3.07. The summed E-state index contributed by atoms with van der Waals surface area (Å²) in [6.07, 6.45) is 0. The minimum Gasteiger partial charge on any atom is -0.497 e. The lowest BCUT2D eigenvalue weighted by Crippen LogP contribution is -2.05. The van der Waals surface area contributed by atoms with Crippen molar-refractivity contribution in [3.05, 3.63) is 40.7 Å². The maximum atomic E-state index is 12.6. The summed E-state index contributed by atoms with van der Waals surface area (Å²) < 4.78 is 16.2. The zero-order chi connectivity index (χ0) is 21.1. The molecule has 2 heterocycles. The molecule has 0 atom stereocenters. The highest BCUT2D eigenvalue weighted by molar-refractivity contribution is 7.99. The molecule has 0 radical (unpaired) electrons. The minimum absolute atomic E-state index is 0.0714. The maximum Gasteiger partial charge on any atom is 0.277 e. The molecule has 0 bridgehead atoms. The van der Waals surface area contributed by atoms with Crippen molar-refractivity contribution in [2.75, 3.05) is 20.0 Å². The standard InChI is InChI=1S/C20H21N3O5S/c1-10-17(12(3)24)11(2)21-18(10)15(25)9-29-20-23-22-19(28-20)14-7-6-13(26-4)8-16(14)27-5/h6-8,21H,9H2,1-5H3. The van der Waals surface area contributed by atoms with Gasteiger partial charge in [-0.2, -0.15) is 0 Å². The number of ketones is 2. The monoisotopic (exact) mass is 415 g/mol. The third kappa shape index (κ3) is 4.19. The van der Waals surface area contributed by atoms with Crippen LogP contribution >= 0.6 is 11.8 Å². The number of ether oxygens (including phenoxy) is 2. The highest BCUT2D eigenvalue weighted by Crippen LogP contribution is 2.33. The average Bonchev–Trinajstić information content (AvgIpc) is 3.29. The first-order valence-corrected chi connectivity index (χ1v) is 9.76. The van der Waals surface area contributed by atoms with E-state index in [9.17, 15) is 9.59 Å². The third-order valence-corrected chi connectivity index (χ3v) is 5.26. The molecule has 8 nitrogen and oxygen atoms in total. The number of nitrogens with one attached hydrogen (secondary N) is 1. The van der Waals surface area contributed by atoms with Crippen LogP contribution in [-0.4, -0.2) is 46.7 Å². The number of aromatic amines is 1. The molecule has 0 fully saturated rings. The summed E-state index contributed by atoms with van der Waals surface area (Å²) in [5.74, 6) is 1.34. The molecule has 0 aliphatic rings. The summed E-state index contributed by atoms with van der Waals surface area (Å²) in [4.78, 5) is 27.3. The van der Waals surface area contributed by atoms with E-state index in [1.54, 1.807) is 46.3 Å². The van der Waals surface area contributed by atoms with E-state index in [1.165, 1.54) is 6.92 Å². The van der Waals surface area contributed by atoms with Crippen LogP contribution in [0.3, 0.4) is 0 Å². The molecular weight excluding hydrogens is 394 g/mol. The fourth-order valence-electron chi connectivity index (χ4n) is 3.11. The molecule has 1 aromatic carbocycles. The Morgan fingerprint density at radius 2 is 1.93 bits per heavy atom. The van der Waals surface area contributed by atoms with Gasteiger partial charge in [-0.25, -0.2) is 0 Å². The van der Waals surface area contributed by atoms with Gasteiger partial charge in [0.05, 0.1) is 31.2 Å². The largest absolute Gasteiger partial charge is 0.497 e. The fraction of sp³-hybridized carbons (Fsp3) is 0.300. The number of aromatic nitrogens is 3. The van der Waals surface area contributed by atoms with E-state index in [-0.39, 0.29) is 28.4 Å². The summed E-state index contributed by atoms with van der Waals surface area (Å²) >= 11 is 1.13. The van der Waals surface area contributed by atoms with Gasteiger partial charge in [-0.3, -0.25) is 9.59 Å². The molecular formula is C20H21N3O5S. The van der Waals surface area contributed by atoms with Crippen LogP contribution in [0.4, 0.5) is 0 Å². The Balaban J connectivity index is 1.74. The third-order valence-electron chi connectivity index (χ3n) is 4.44. The summed E-state index contributed by atoms with van der Waals surface area (Å²) in [6, 6.07) is 5.25. The topological polar surface area (TPSA) is 107 Å². The van der Waals surface area contributed by atoms with Crippen molar-refractivity contribution in [3.63, 3.8) is 0 Å². The van der Waals surface area contributed by atoms with Gasteiger partial charge in [-0.05, 0) is 38.5 Å². The highest BCUT2D eigenvalue weighted by atomic mass is 32.2. The van der Waals surface area contributed by atoms with Gasteiger partial charge in [0, 0.05) is 17.3 Å². The van der Waals surface area contributed by atoms with E-state index in [0.29, 0.717) is 39.6 Å². The lowest BCUT2D eigenvalue weighted by molar-refractivity contribution is 0.101. The van der Waals surface area contributed by atoms with Gasteiger partial charge in [0.2, 0.25) is 0 Å². The van der Waals surface area contributed by atoms with Crippen molar-refractivity contribution in [1.82, 2.24) is 15.2 Å². The van der Waals surface area contributed by atoms with Gasteiger partial charge in [0.15, 0.2) is 11.6 Å². The highest BCUT2D eigenvalue weighted by Gasteiger charge is 2.21. The number of hydrogen-bond acceptors (Lipinski definition) is 8. The first kappa shape index (κ1) is 20.7. The van der Waals surface area contributed by atoms with E-state index in [1.807, 2.05) is 0 Å². The first-order chi connectivity index (χ1) is 13.8. The Labute approximate surface area is 172 Å². The van der Waals surface area contributed by atoms with Crippen LogP contribution in [0.2, 0.25) is 0 Å². The number of thioether (sulfide) groups is 1. The van der Waals surface area contributed by atoms with Gasteiger partial charge in [-0.15, -0.1) is 10.2 Å². The zero-order valence-corrected chi connectivity index (χ0v) is 17.6. The molecule has 9 heteroatoms. The minimum atomic E-state index is -0.148. The van der Waals surface area contributed by atoms with Gasteiger partial charge >= 0.3 is 0 Å². The molecule has 152 valence electrons. The number of aryl methyl sites for hydroxylation is 1. The SMILES string of the molecule is COc1ccc(-c2nnc(SCC(=O)c3[nH]c(C)c(C(C)=O)c3C)o2)c(OC)c1. The Morgan fingerprint density at radius 3 is 2.55 bits per heavy atom. The molecule has 0 unspecified atom stereocenters. The summed E-state index contributed by atoms with van der Waals surface area (Å²) in [6.45, 7) is 5.03. The predicted octanol–water partition coefficient (Wildman–Crippen LogP) is 3.88. The lowest BCUT2D eigenvalue weighted by Gasteiger charge is -2.07. The van der Waals surface area contributed by atoms with Crippen LogP contribution in [0.25, 0.3) is 11.5 Å². The van der Waals surface area contributed by atoms with Crippen molar-refractivity contribution >= 4 is 23.3 Å². The average molecular weight is 415 g/mol. The van der Waals surface area contributed by atoms with Crippen LogP contribution in [0.1, 0.15) is 39.0 Å². The molecule has 0 aliphatic carbocycles. The fourth-order valence-corrected chi connectivity index (χ4v) is 3.74. The Morgan fingerprint density at radius 1 is 1.17 bits per heavy atom. The maximum absolute atomic E-state index is 12.6.